The van der Waals surface area contributed by atoms with Gasteiger partial charge in [-0.2, -0.15) is 0 Å². The summed E-state index contributed by atoms with van der Waals surface area (Å²) in [6.07, 6.45) is 1.31. The molecule has 1 N–H and O–H groups in total. The smallest absolute Gasteiger partial charge is 0.251 e. The van der Waals surface area contributed by atoms with Gasteiger partial charge in [-0.15, -0.1) is 0 Å². The highest BCUT2D eigenvalue weighted by Gasteiger charge is 2.21. The summed E-state index contributed by atoms with van der Waals surface area (Å²) in [7, 11) is -2.23. The van der Waals surface area contributed by atoms with E-state index in [1.54, 1.807) is 24.3 Å². The molecule has 0 spiro atoms. The second-order valence-electron chi connectivity index (χ2n) is 9.18. The second kappa shape index (κ2) is 12.0. The summed E-state index contributed by atoms with van der Waals surface area (Å²) in [4.78, 5) is 12.3. The molecule has 0 saturated heterocycles. The zero-order chi connectivity index (χ0) is 27.1. The first-order valence-electron chi connectivity index (χ1n) is 12.3. The Morgan fingerprint density at radius 2 is 1.61 bits per heavy atom. The number of ether oxygens (including phenoxy) is 1. The molecule has 38 heavy (non-hydrogen) atoms. The van der Waals surface area contributed by atoms with Crippen LogP contribution in [0.15, 0.2) is 95.9 Å². The highest BCUT2D eigenvalue weighted by molar-refractivity contribution is 7.90. The topological polar surface area (TPSA) is 72.5 Å². The third kappa shape index (κ3) is 6.86. The van der Waals surface area contributed by atoms with Crippen LogP contribution in [0.5, 0.6) is 5.75 Å². The van der Waals surface area contributed by atoms with Gasteiger partial charge in [0.05, 0.1) is 12.9 Å². The van der Waals surface area contributed by atoms with Crippen LogP contribution in [0.3, 0.4) is 0 Å². The quantitative estimate of drug-likeness (QED) is 0.249. The predicted molar refractivity (Wildman–Crippen MR) is 148 cm³/mol. The molecule has 4 aromatic carbocycles. The molecule has 0 radical (unpaired) electrons. The lowest BCUT2D eigenvalue weighted by Crippen LogP contribution is -2.24. The van der Waals surface area contributed by atoms with Crippen molar-refractivity contribution in [1.29, 1.82) is 0 Å². The SMILES string of the molecule is COc1ccc(-c2cccc(C)c2)cc1S(=O)(=O)Cc1cccc(CCCNC(=O)c2cccc(F)c2)c1. The van der Waals surface area contributed by atoms with Gasteiger partial charge in [-0.1, -0.05) is 66.2 Å². The molecule has 0 unspecified atom stereocenters. The minimum atomic E-state index is -3.70. The Bertz CT molecular complexity index is 1550. The van der Waals surface area contributed by atoms with Crippen molar-refractivity contribution >= 4 is 15.7 Å². The van der Waals surface area contributed by atoms with Crippen LogP contribution in [0.4, 0.5) is 4.39 Å². The number of nitrogens with one attached hydrogen (secondary N) is 1. The van der Waals surface area contributed by atoms with Crippen LogP contribution in [0.25, 0.3) is 11.1 Å². The average Bonchev–Trinajstić information content (AvgIpc) is 2.90. The highest BCUT2D eigenvalue weighted by Crippen LogP contribution is 2.32. The van der Waals surface area contributed by atoms with Crippen molar-refractivity contribution in [3.8, 4) is 16.9 Å². The van der Waals surface area contributed by atoms with Crippen LogP contribution in [-0.4, -0.2) is 28.0 Å². The second-order valence-corrected chi connectivity index (χ2v) is 11.1. The van der Waals surface area contributed by atoms with Crippen LogP contribution in [0, 0.1) is 12.7 Å². The van der Waals surface area contributed by atoms with Gasteiger partial charge in [0.1, 0.15) is 16.5 Å². The number of hydrogen-bond donors (Lipinski definition) is 1. The predicted octanol–water partition coefficient (Wildman–Crippen LogP) is 6.15. The number of aryl methyl sites for hydroxylation is 2. The first-order chi connectivity index (χ1) is 18.2. The monoisotopic (exact) mass is 531 g/mol. The molecule has 4 aromatic rings. The van der Waals surface area contributed by atoms with Gasteiger partial charge in [-0.25, -0.2) is 12.8 Å². The van der Waals surface area contributed by atoms with E-state index in [9.17, 15) is 17.6 Å². The Morgan fingerprint density at radius 1 is 0.868 bits per heavy atom. The molecule has 0 bridgehead atoms. The van der Waals surface area contributed by atoms with E-state index in [0.717, 1.165) is 22.3 Å². The largest absolute Gasteiger partial charge is 0.495 e. The van der Waals surface area contributed by atoms with Crippen molar-refractivity contribution in [1.82, 2.24) is 5.32 Å². The molecule has 5 nitrogen and oxygen atoms in total. The molecule has 1 amide bonds. The van der Waals surface area contributed by atoms with Gasteiger partial charge in [-0.05, 0) is 72.4 Å². The van der Waals surface area contributed by atoms with Crippen molar-refractivity contribution in [3.63, 3.8) is 0 Å². The lowest BCUT2D eigenvalue weighted by molar-refractivity contribution is 0.0952. The molecule has 196 valence electrons. The van der Waals surface area contributed by atoms with Crippen molar-refractivity contribution in [2.45, 2.75) is 30.4 Å². The number of methoxy groups -OCH3 is 1. The number of hydrogen-bond acceptors (Lipinski definition) is 4. The molecule has 0 aliphatic rings. The lowest BCUT2D eigenvalue weighted by Gasteiger charge is -2.13. The Hall–Kier alpha value is -3.97. The van der Waals surface area contributed by atoms with Crippen LogP contribution in [-0.2, 0) is 22.0 Å². The van der Waals surface area contributed by atoms with E-state index in [1.807, 2.05) is 55.5 Å². The number of rotatable bonds is 10. The van der Waals surface area contributed by atoms with Gasteiger partial charge >= 0.3 is 0 Å². The van der Waals surface area contributed by atoms with Crippen molar-refractivity contribution in [2.24, 2.45) is 0 Å². The number of carbonyl (C=O) groups excluding carboxylic acids is 1. The molecule has 0 fully saturated rings. The summed E-state index contributed by atoms with van der Waals surface area (Å²) in [5.41, 5.74) is 4.76. The maximum absolute atomic E-state index is 13.5. The molecule has 4 rings (SSSR count). The number of benzene rings is 4. The van der Waals surface area contributed by atoms with E-state index in [1.165, 1.54) is 25.3 Å². The van der Waals surface area contributed by atoms with Gasteiger partial charge in [0, 0.05) is 12.1 Å². The molecule has 0 aliphatic carbocycles. The summed E-state index contributed by atoms with van der Waals surface area (Å²) in [5.74, 6) is -0.633. The standard InChI is InChI=1S/C31H30FNO4S/c1-22-7-3-11-25(17-22)26-14-15-29(37-2)30(20-26)38(35,36)21-24-9-4-8-23(18-24)10-6-16-33-31(34)27-12-5-13-28(32)19-27/h3-5,7-9,11-15,17-20H,6,10,16,21H2,1-2H3,(H,33,34). The normalized spacial score (nSPS) is 11.2. The third-order valence-corrected chi connectivity index (χ3v) is 7.92. The number of carbonyl (C=O) groups is 1. The molecular formula is C31H30FNO4S. The maximum Gasteiger partial charge on any atom is 0.251 e. The number of sulfone groups is 1. The first kappa shape index (κ1) is 27.1. The van der Waals surface area contributed by atoms with Crippen LogP contribution in [0.1, 0.15) is 33.5 Å². The van der Waals surface area contributed by atoms with Crippen LogP contribution in [0.2, 0.25) is 0 Å². The summed E-state index contributed by atoms with van der Waals surface area (Å²) in [5, 5.41) is 2.79. The maximum atomic E-state index is 13.5. The number of amides is 1. The molecule has 7 heteroatoms. The Labute approximate surface area is 223 Å². The number of halogens is 1. The van der Waals surface area contributed by atoms with Crippen LogP contribution < -0.4 is 10.1 Å². The van der Waals surface area contributed by atoms with Crippen molar-refractivity contribution < 1.29 is 22.3 Å². The van der Waals surface area contributed by atoms with E-state index in [0.29, 0.717) is 30.7 Å². The van der Waals surface area contributed by atoms with E-state index in [-0.39, 0.29) is 22.1 Å². The summed E-state index contributed by atoms with van der Waals surface area (Å²) < 4.78 is 45.7. The Kier molecular flexibility index (Phi) is 8.59. The minimum Gasteiger partial charge on any atom is -0.495 e. The van der Waals surface area contributed by atoms with E-state index in [4.69, 9.17) is 4.74 Å². The summed E-state index contributed by atoms with van der Waals surface area (Å²) in [6, 6.07) is 26.1. The fourth-order valence-corrected chi connectivity index (χ4v) is 5.86. The summed E-state index contributed by atoms with van der Waals surface area (Å²) in [6.45, 7) is 2.41. The van der Waals surface area contributed by atoms with Crippen molar-refractivity contribution in [3.05, 3.63) is 119 Å². The fourth-order valence-electron chi connectivity index (χ4n) is 4.32. The molecule has 0 aromatic heterocycles. The van der Waals surface area contributed by atoms with Gasteiger partial charge in [0.25, 0.3) is 5.91 Å². The molecular weight excluding hydrogens is 501 g/mol. The van der Waals surface area contributed by atoms with Gasteiger partial charge in [0.15, 0.2) is 9.84 Å². The van der Waals surface area contributed by atoms with Crippen molar-refractivity contribution in [2.75, 3.05) is 13.7 Å². The summed E-state index contributed by atoms with van der Waals surface area (Å²) >= 11 is 0. The molecule has 0 heterocycles. The van der Waals surface area contributed by atoms with E-state index >= 15 is 0 Å². The van der Waals surface area contributed by atoms with Gasteiger partial charge in [0.2, 0.25) is 0 Å². The van der Waals surface area contributed by atoms with Gasteiger partial charge < -0.3 is 10.1 Å². The lowest BCUT2D eigenvalue weighted by atomic mass is 10.0. The zero-order valence-corrected chi connectivity index (χ0v) is 22.2. The Morgan fingerprint density at radius 3 is 2.37 bits per heavy atom. The first-order valence-corrected chi connectivity index (χ1v) is 14.0. The third-order valence-electron chi connectivity index (χ3n) is 6.21. The minimum absolute atomic E-state index is 0.157. The van der Waals surface area contributed by atoms with Crippen LogP contribution >= 0.6 is 0 Å². The molecule has 0 saturated carbocycles. The Balaban J connectivity index is 1.43. The van der Waals surface area contributed by atoms with E-state index < -0.39 is 15.7 Å². The average molecular weight is 532 g/mol. The molecule has 0 aliphatic heterocycles. The van der Waals surface area contributed by atoms with E-state index in [2.05, 4.69) is 5.32 Å². The van der Waals surface area contributed by atoms with Gasteiger partial charge in [-0.3, -0.25) is 4.79 Å². The zero-order valence-electron chi connectivity index (χ0n) is 21.4. The fraction of sp³-hybridized carbons (Fsp3) is 0.194. The highest BCUT2D eigenvalue weighted by atomic mass is 32.2. The molecule has 0 atom stereocenters.